The summed E-state index contributed by atoms with van der Waals surface area (Å²) in [5, 5.41) is 3.71. The summed E-state index contributed by atoms with van der Waals surface area (Å²) < 4.78 is 10.9. The Morgan fingerprint density at radius 1 is 1.35 bits per heavy atom. The second kappa shape index (κ2) is 7.06. The molecule has 1 aliphatic heterocycles. The first kappa shape index (κ1) is 15.3. The van der Waals surface area contributed by atoms with Crippen molar-refractivity contribution in [2.75, 3.05) is 44.1 Å². The van der Waals surface area contributed by atoms with Gasteiger partial charge in [-0.2, -0.15) is 4.98 Å². The summed E-state index contributed by atoms with van der Waals surface area (Å²) >= 11 is 6.22. The molecule has 1 fully saturated rings. The number of rotatable bonds is 6. The lowest BCUT2D eigenvalue weighted by atomic mass is 10.3. The van der Waals surface area contributed by atoms with Crippen molar-refractivity contribution in [3.05, 3.63) is 11.2 Å². The molecule has 6 nitrogen and oxygen atoms in total. The summed E-state index contributed by atoms with van der Waals surface area (Å²) in [6, 6.07) is 0. The van der Waals surface area contributed by atoms with E-state index in [1.165, 1.54) is 0 Å². The van der Waals surface area contributed by atoms with Gasteiger partial charge in [0, 0.05) is 33.9 Å². The number of ether oxygens (including phenoxy) is 2. The fourth-order valence-electron chi connectivity index (χ4n) is 2.27. The highest BCUT2D eigenvalue weighted by atomic mass is 35.5. The number of halogens is 1. The van der Waals surface area contributed by atoms with E-state index in [0.29, 0.717) is 24.1 Å². The average Bonchev–Trinajstić information content (AvgIpc) is 2.89. The maximum Gasteiger partial charge on any atom is 0.224 e. The van der Waals surface area contributed by atoms with E-state index in [0.717, 1.165) is 18.8 Å². The lowest BCUT2D eigenvalue weighted by Crippen LogP contribution is -2.27. The molecule has 1 saturated heterocycles. The van der Waals surface area contributed by atoms with Gasteiger partial charge < -0.3 is 19.7 Å². The highest BCUT2D eigenvalue weighted by Crippen LogP contribution is 2.28. The SMILES string of the molecule is CCCNc1ncc(Cl)c(N2CC(OC)C(OC)C2)n1. The van der Waals surface area contributed by atoms with E-state index < -0.39 is 0 Å². The van der Waals surface area contributed by atoms with Crippen LogP contribution in [-0.4, -0.2) is 56.0 Å². The van der Waals surface area contributed by atoms with E-state index in [1.807, 2.05) is 0 Å². The zero-order chi connectivity index (χ0) is 14.5. The van der Waals surface area contributed by atoms with Crippen LogP contribution in [0.1, 0.15) is 13.3 Å². The molecule has 0 spiro atoms. The third-order valence-corrected chi connectivity index (χ3v) is 3.65. The van der Waals surface area contributed by atoms with Crippen molar-refractivity contribution in [3.63, 3.8) is 0 Å². The number of hydrogen-bond acceptors (Lipinski definition) is 6. The maximum atomic E-state index is 6.22. The zero-order valence-electron chi connectivity index (χ0n) is 12.1. The highest BCUT2D eigenvalue weighted by molar-refractivity contribution is 6.32. The van der Waals surface area contributed by atoms with E-state index in [1.54, 1.807) is 20.4 Å². The van der Waals surface area contributed by atoms with Crippen LogP contribution in [0, 0.1) is 0 Å². The number of anilines is 2. The van der Waals surface area contributed by atoms with Gasteiger partial charge in [0.1, 0.15) is 17.2 Å². The Morgan fingerprint density at radius 2 is 2.00 bits per heavy atom. The maximum absolute atomic E-state index is 6.22. The lowest BCUT2D eigenvalue weighted by molar-refractivity contribution is -0.00461. The number of nitrogens with zero attached hydrogens (tertiary/aromatic N) is 3. The van der Waals surface area contributed by atoms with Gasteiger partial charge in [-0.05, 0) is 6.42 Å². The molecule has 1 aromatic rings. The topological polar surface area (TPSA) is 59.5 Å². The standard InChI is InChI=1S/C13H21ClN4O2/c1-4-5-15-13-16-6-9(14)12(17-13)18-7-10(19-2)11(8-18)20-3/h6,10-11H,4-5,7-8H2,1-3H3,(H,15,16,17). The van der Waals surface area contributed by atoms with Crippen LogP contribution in [0.4, 0.5) is 11.8 Å². The Kier molecular flexibility index (Phi) is 5.39. The Morgan fingerprint density at radius 3 is 2.55 bits per heavy atom. The van der Waals surface area contributed by atoms with E-state index in [-0.39, 0.29) is 12.2 Å². The minimum absolute atomic E-state index is 0.0260. The molecule has 0 bridgehead atoms. The Balaban J connectivity index is 2.15. The largest absolute Gasteiger partial charge is 0.377 e. The number of hydrogen-bond donors (Lipinski definition) is 1. The third-order valence-electron chi connectivity index (χ3n) is 3.38. The monoisotopic (exact) mass is 300 g/mol. The minimum Gasteiger partial charge on any atom is -0.377 e. The van der Waals surface area contributed by atoms with Crippen molar-refractivity contribution in [2.45, 2.75) is 25.6 Å². The van der Waals surface area contributed by atoms with Gasteiger partial charge in [0.25, 0.3) is 0 Å². The first-order chi connectivity index (χ1) is 9.69. The molecule has 112 valence electrons. The fourth-order valence-corrected chi connectivity index (χ4v) is 2.48. The van der Waals surface area contributed by atoms with Crippen LogP contribution >= 0.6 is 11.6 Å². The van der Waals surface area contributed by atoms with Gasteiger partial charge in [0.15, 0.2) is 5.82 Å². The summed E-state index contributed by atoms with van der Waals surface area (Å²) in [4.78, 5) is 10.7. The second-order valence-corrected chi connectivity index (χ2v) is 5.15. The van der Waals surface area contributed by atoms with E-state index in [4.69, 9.17) is 21.1 Å². The molecule has 2 heterocycles. The van der Waals surface area contributed by atoms with E-state index in [9.17, 15) is 0 Å². The molecule has 1 aromatic heterocycles. The molecule has 1 N–H and O–H groups in total. The second-order valence-electron chi connectivity index (χ2n) is 4.75. The number of aromatic nitrogens is 2. The van der Waals surface area contributed by atoms with Crippen molar-refractivity contribution in [1.82, 2.24) is 9.97 Å². The number of methoxy groups -OCH3 is 2. The van der Waals surface area contributed by atoms with Crippen LogP contribution in [0.5, 0.6) is 0 Å². The Labute approximate surface area is 124 Å². The van der Waals surface area contributed by atoms with Crippen LogP contribution in [0.25, 0.3) is 0 Å². The smallest absolute Gasteiger partial charge is 0.224 e. The van der Waals surface area contributed by atoms with Gasteiger partial charge in [0.05, 0.1) is 6.20 Å². The van der Waals surface area contributed by atoms with Crippen LogP contribution in [0.15, 0.2) is 6.20 Å². The van der Waals surface area contributed by atoms with Gasteiger partial charge in [-0.15, -0.1) is 0 Å². The minimum atomic E-state index is 0.0260. The van der Waals surface area contributed by atoms with Crippen LogP contribution in [-0.2, 0) is 9.47 Å². The molecule has 2 atom stereocenters. The van der Waals surface area contributed by atoms with Crippen molar-refractivity contribution < 1.29 is 9.47 Å². The van der Waals surface area contributed by atoms with Crippen molar-refractivity contribution in [3.8, 4) is 0 Å². The molecular weight excluding hydrogens is 280 g/mol. The van der Waals surface area contributed by atoms with Gasteiger partial charge >= 0.3 is 0 Å². The molecule has 1 aliphatic rings. The molecule has 0 amide bonds. The molecule has 0 saturated carbocycles. The zero-order valence-corrected chi connectivity index (χ0v) is 12.9. The van der Waals surface area contributed by atoms with Gasteiger partial charge in [-0.1, -0.05) is 18.5 Å². The van der Waals surface area contributed by atoms with Crippen molar-refractivity contribution in [1.29, 1.82) is 0 Å². The highest BCUT2D eigenvalue weighted by Gasteiger charge is 2.34. The van der Waals surface area contributed by atoms with Crippen LogP contribution in [0.3, 0.4) is 0 Å². The molecule has 0 aliphatic carbocycles. The molecule has 7 heteroatoms. The third kappa shape index (κ3) is 3.31. The van der Waals surface area contributed by atoms with Gasteiger partial charge in [-0.25, -0.2) is 4.98 Å². The summed E-state index contributed by atoms with van der Waals surface area (Å²) in [5.41, 5.74) is 0. The van der Waals surface area contributed by atoms with Crippen molar-refractivity contribution in [2.24, 2.45) is 0 Å². The fraction of sp³-hybridized carbons (Fsp3) is 0.692. The summed E-state index contributed by atoms with van der Waals surface area (Å²) in [7, 11) is 3.38. The average molecular weight is 301 g/mol. The molecular formula is C13H21ClN4O2. The predicted molar refractivity (Wildman–Crippen MR) is 79.6 cm³/mol. The van der Waals surface area contributed by atoms with Gasteiger partial charge in [-0.3, -0.25) is 0 Å². The van der Waals surface area contributed by atoms with Gasteiger partial charge in [0.2, 0.25) is 5.95 Å². The summed E-state index contributed by atoms with van der Waals surface area (Å²) in [6.45, 7) is 4.34. The summed E-state index contributed by atoms with van der Waals surface area (Å²) in [5.74, 6) is 1.32. The number of nitrogens with one attached hydrogen (secondary N) is 1. The summed E-state index contributed by atoms with van der Waals surface area (Å²) in [6.07, 6.45) is 2.70. The first-order valence-corrected chi connectivity index (χ1v) is 7.14. The van der Waals surface area contributed by atoms with E-state index in [2.05, 4.69) is 27.1 Å². The molecule has 2 unspecified atom stereocenters. The molecule has 20 heavy (non-hydrogen) atoms. The molecule has 2 rings (SSSR count). The van der Waals surface area contributed by atoms with E-state index >= 15 is 0 Å². The van der Waals surface area contributed by atoms with Crippen molar-refractivity contribution >= 4 is 23.4 Å². The molecule has 0 radical (unpaired) electrons. The normalized spacial score (nSPS) is 22.3. The molecule has 0 aromatic carbocycles. The first-order valence-electron chi connectivity index (χ1n) is 6.76. The van der Waals surface area contributed by atoms with Crippen LogP contribution < -0.4 is 10.2 Å². The quantitative estimate of drug-likeness (QED) is 0.864. The van der Waals surface area contributed by atoms with Crippen LogP contribution in [0.2, 0.25) is 5.02 Å². The Bertz CT molecular complexity index is 434. The Hall–Kier alpha value is -1.11. The predicted octanol–water partition coefficient (Wildman–Crippen LogP) is 1.80. The lowest BCUT2D eigenvalue weighted by Gasteiger charge is -2.18.